The van der Waals surface area contributed by atoms with Crippen LogP contribution in [0.3, 0.4) is 0 Å². The maximum absolute atomic E-state index is 13.5. The summed E-state index contributed by atoms with van der Waals surface area (Å²) in [5, 5.41) is 12.8. The zero-order chi connectivity index (χ0) is 16.2. The minimum Gasteiger partial charge on any atom is -0.352 e. The van der Waals surface area contributed by atoms with Gasteiger partial charge in [0, 0.05) is 19.2 Å². The van der Waals surface area contributed by atoms with Gasteiger partial charge >= 0.3 is 11.7 Å². The SMILES string of the molecule is Cc1cc(S(=O)(=O)NCCNC(N)=O)cc([N+](=O)[O-])c1F. The van der Waals surface area contributed by atoms with Gasteiger partial charge in [0.15, 0.2) is 0 Å². The van der Waals surface area contributed by atoms with E-state index in [0.717, 1.165) is 6.07 Å². The Bertz CT molecular complexity index is 676. The van der Waals surface area contributed by atoms with Crippen molar-refractivity contribution in [3.63, 3.8) is 0 Å². The van der Waals surface area contributed by atoms with E-state index in [2.05, 4.69) is 10.0 Å². The first kappa shape index (κ1) is 16.8. The largest absolute Gasteiger partial charge is 0.352 e. The minimum atomic E-state index is -4.07. The van der Waals surface area contributed by atoms with Crippen molar-refractivity contribution in [2.75, 3.05) is 13.1 Å². The third kappa shape index (κ3) is 4.36. The molecule has 0 aliphatic rings. The Balaban J connectivity index is 2.98. The highest BCUT2D eigenvalue weighted by atomic mass is 32.2. The van der Waals surface area contributed by atoms with Crippen molar-refractivity contribution < 1.29 is 22.5 Å². The number of primary amides is 1. The van der Waals surface area contributed by atoms with Gasteiger partial charge in [0.25, 0.3) is 0 Å². The number of halogens is 1. The van der Waals surface area contributed by atoms with Gasteiger partial charge in [-0.15, -0.1) is 0 Å². The summed E-state index contributed by atoms with van der Waals surface area (Å²) in [5.41, 5.74) is 3.71. The first-order valence-corrected chi connectivity index (χ1v) is 7.11. The summed E-state index contributed by atoms with van der Waals surface area (Å²) >= 11 is 0. The highest BCUT2D eigenvalue weighted by Gasteiger charge is 2.23. The van der Waals surface area contributed by atoms with Crippen LogP contribution in [-0.4, -0.2) is 32.5 Å². The van der Waals surface area contributed by atoms with Crippen LogP contribution in [0.4, 0.5) is 14.9 Å². The molecule has 21 heavy (non-hydrogen) atoms. The second-order valence-corrected chi connectivity index (χ2v) is 5.79. The molecule has 0 aliphatic carbocycles. The standard InChI is InChI=1S/C10H13FN4O5S/c1-6-4-7(5-8(9(6)11)15(17)18)21(19,20)14-3-2-13-10(12)16/h4-5,14H,2-3H2,1H3,(H3,12,13,16). The number of amides is 2. The summed E-state index contributed by atoms with van der Waals surface area (Å²) < 4.78 is 39.4. The van der Waals surface area contributed by atoms with E-state index in [1.165, 1.54) is 6.92 Å². The Morgan fingerprint density at radius 3 is 2.57 bits per heavy atom. The second kappa shape index (κ2) is 6.45. The number of urea groups is 1. The lowest BCUT2D eigenvalue weighted by Crippen LogP contribution is -2.37. The molecule has 116 valence electrons. The minimum absolute atomic E-state index is 0.0587. The number of aryl methyl sites for hydroxylation is 1. The predicted octanol–water partition coefficient (Wildman–Crippen LogP) is -0.0111. The first-order valence-electron chi connectivity index (χ1n) is 5.62. The highest BCUT2D eigenvalue weighted by Crippen LogP contribution is 2.24. The number of nitrogens with zero attached hydrogens (tertiary/aromatic N) is 1. The van der Waals surface area contributed by atoms with Crippen molar-refractivity contribution in [2.45, 2.75) is 11.8 Å². The molecule has 4 N–H and O–H groups in total. The summed E-state index contributed by atoms with van der Waals surface area (Å²) in [5.74, 6) is -1.09. The summed E-state index contributed by atoms with van der Waals surface area (Å²) in [4.78, 5) is 19.6. The zero-order valence-electron chi connectivity index (χ0n) is 10.9. The lowest BCUT2D eigenvalue weighted by Gasteiger charge is -2.08. The fourth-order valence-corrected chi connectivity index (χ4v) is 2.60. The average Bonchev–Trinajstić information content (AvgIpc) is 2.37. The Kier molecular flexibility index (Phi) is 5.16. The van der Waals surface area contributed by atoms with Crippen LogP contribution in [0.5, 0.6) is 0 Å². The van der Waals surface area contributed by atoms with Crippen LogP contribution in [0.25, 0.3) is 0 Å². The Morgan fingerprint density at radius 1 is 1.43 bits per heavy atom. The van der Waals surface area contributed by atoms with E-state index in [1.807, 2.05) is 0 Å². The third-order valence-corrected chi connectivity index (χ3v) is 3.87. The summed E-state index contributed by atoms with van der Waals surface area (Å²) in [6, 6.07) is 0.792. The van der Waals surface area contributed by atoms with Crippen LogP contribution < -0.4 is 15.8 Å². The summed E-state index contributed by atoms with van der Waals surface area (Å²) in [6.45, 7) is 0.988. The van der Waals surface area contributed by atoms with Crippen molar-refractivity contribution in [1.29, 1.82) is 0 Å². The highest BCUT2D eigenvalue weighted by molar-refractivity contribution is 7.89. The number of hydrogen-bond acceptors (Lipinski definition) is 5. The first-order chi connectivity index (χ1) is 9.65. The van der Waals surface area contributed by atoms with Crippen LogP contribution in [0.2, 0.25) is 0 Å². The fraction of sp³-hybridized carbons (Fsp3) is 0.300. The number of rotatable bonds is 6. The Hall–Kier alpha value is -2.27. The van der Waals surface area contributed by atoms with Crippen molar-refractivity contribution in [3.8, 4) is 0 Å². The van der Waals surface area contributed by atoms with Crippen molar-refractivity contribution >= 4 is 21.7 Å². The maximum atomic E-state index is 13.5. The van der Waals surface area contributed by atoms with E-state index >= 15 is 0 Å². The summed E-state index contributed by atoms with van der Waals surface area (Å²) in [6.07, 6.45) is 0. The monoisotopic (exact) mass is 320 g/mol. The van der Waals surface area contributed by atoms with Gasteiger partial charge < -0.3 is 11.1 Å². The Morgan fingerprint density at radius 2 is 2.05 bits per heavy atom. The molecule has 0 spiro atoms. The number of nitrogens with one attached hydrogen (secondary N) is 2. The molecule has 0 aromatic heterocycles. The third-order valence-electron chi connectivity index (χ3n) is 2.43. The number of benzene rings is 1. The van der Waals surface area contributed by atoms with Crippen LogP contribution in [-0.2, 0) is 10.0 Å². The number of nitrogens with two attached hydrogens (primary N) is 1. The average molecular weight is 320 g/mol. The molecule has 0 saturated carbocycles. The molecular formula is C10H13FN4O5S. The molecule has 0 aliphatic heterocycles. The molecule has 0 saturated heterocycles. The van der Waals surface area contributed by atoms with Gasteiger partial charge in [-0.3, -0.25) is 10.1 Å². The van der Waals surface area contributed by atoms with E-state index in [1.54, 1.807) is 0 Å². The van der Waals surface area contributed by atoms with E-state index in [0.29, 0.717) is 6.07 Å². The molecule has 11 heteroatoms. The quantitative estimate of drug-likeness (QED) is 0.383. The van der Waals surface area contributed by atoms with E-state index in [-0.39, 0.29) is 18.7 Å². The molecule has 0 fully saturated rings. The number of carbonyl (C=O) groups is 1. The van der Waals surface area contributed by atoms with Crippen LogP contribution in [0.15, 0.2) is 17.0 Å². The van der Waals surface area contributed by atoms with Gasteiger partial charge in [-0.1, -0.05) is 0 Å². The van der Waals surface area contributed by atoms with Gasteiger partial charge in [0.2, 0.25) is 15.8 Å². The maximum Gasteiger partial charge on any atom is 0.312 e. The van der Waals surface area contributed by atoms with E-state index in [9.17, 15) is 27.7 Å². The second-order valence-electron chi connectivity index (χ2n) is 4.02. The van der Waals surface area contributed by atoms with Gasteiger partial charge in [0.05, 0.1) is 9.82 Å². The zero-order valence-corrected chi connectivity index (χ0v) is 11.7. The van der Waals surface area contributed by atoms with Crippen molar-refractivity contribution in [1.82, 2.24) is 10.0 Å². The smallest absolute Gasteiger partial charge is 0.312 e. The number of sulfonamides is 1. The van der Waals surface area contributed by atoms with Gasteiger partial charge in [-0.05, 0) is 18.6 Å². The van der Waals surface area contributed by atoms with Crippen LogP contribution in [0.1, 0.15) is 5.56 Å². The van der Waals surface area contributed by atoms with Gasteiger partial charge in [0.1, 0.15) is 0 Å². The number of nitro groups is 1. The van der Waals surface area contributed by atoms with Crippen molar-refractivity contribution in [3.05, 3.63) is 33.6 Å². The van der Waals surface area contributed by atoms with E-state index in [4.69, 9.17) is 5.73 Å². The molecule has 0 unspecified atom stereocenters. The lowest BCUT2D eigenvalue weighted by molar-refractivity contribution is -0.387. The number of carbonyl (C=O) groups excluding carboxylic acids is 1. The summed E-state index contributed by atoms with van der Waals surface area (Å²) in [7, 11) is -4.07. The van der Waals surface area contributed by atoms with Crippen LogP contribution in [0, 0.1) is 22.9 Å². The molecule has 1 aromatic carbocycles. The molecule has 1 rings (SSSR count). The molecular weight excluding hydrogens is 307 g/mol. The van der Waals surface area contributed by atoms with Crippen molar-refractivity contribution in [2.24, 2.45) is 5.73 Å². The number of hydrogen-bond donors (Lipinski definition) is 3. The van der Waals surface area contributed by atoms with Gasteiger partial charge in [-0.2, -0.15) is 4.39 Å². The fourth-order valence-electron chi connectivity index (χ4n) is 1.46. The van der Waals surface area contributed by atoms with Crippen LogP contribution >= 0.6 is 0 Å². The lowest BCUT2D eigenvalue weighted by atomic mass is 10.2. The topological polar surface area (TPSA) is 144 Å². The Labute approximate surface area is 119 Å². The molecule has 0 heterocycles. The molecule has 0 radical (unpaired) electrons. The van der Waals surface area contributed by atoms with Gasteiger partial charge in [-0.25, -0.2) is 17.9 Å². The molecule has 0 atom stereocenters. The van der Waals surface area contributed by atoms with E-state index < -0.39 is 37.4 Å². The molecule has 2 amide bonds. The molecule has 0 bridgehead atoms. The molecule has 9 nitrogen and oxygen atoms in total. The normalized spacial score (nSPS) is 11.1. The predicted molar refractivity (Wildman–Crippen MR) is 70.6 cm³/mol. The number of nitro benzene ring substituents is 1. The molecule has 1 aromatic rings.